The summed E-state index contributed by atoms with van der Waals surface area (Å²) in [7, 11) is 2.19. The van der Waals surface area contributed by atoms with Crippen LogP contribution in [0.5, 0.6) is 5.75 Å². The number of benzene rings is 1. The van der Waals surface area contributed by atoms with Crippen LogP contribution in [0.3, 0.4) is 0 Å². The molecule has 128 valence electrons. The Kier molecular flexibility index (Phi) is 4.95. The number of fused-ring (bicyclic) bond motifs is 1. The van der Waals surface area contributed by atoms with Gasteiger partial charge in [-0.2, -0.15) is 0 Å². The molecule has 2 aliphatic rings. The van der Waals surface area contributed by atoms with Crippen molar-refractivity contribution in [2.75, 3.05) is 33.3 Å². The molecule has 4 heteroatoms. The van der Waals surface area contributed by atoms with E-state index in [1.807, 2.05) is 0 Å². The molecule has 0 aliphatic carbocycles. The second-order valence-electron chi connectivity index (χ2n) is 7.71. The maximum atomic E-state index is 9.45. The second-order valence-corrected chi connectivity index (χ2v) is 7.71. The SMILES string of the molecule is CN1CCC(N(CCO)Cc2ccc3c(c2)CC(C)(C)O3)CC1. The van der Waals surface area contributed by atoms with E-state index in [1.165, 1.54) is 24.0 Å². The van der Waals surface area contributed by atoms with Crippen molar-refractivity contribution >= 4 is 0 Å². The monoisotopic (exact) mass is 318 g/mol. The Morgan fingerprint density at radius 1 is 1.30 bits per heavy atom. The van der Waals surface area contributed by atoms with Crippen LogP contribution in [0.2, 0.25) is 0 Å². The number of hydrogen-bond acceptors (Lipinski definition) is 4. The second kappa shape index (κ2) is 6.80. The minimum atomic E-state index is -0.0836. The van der Waals surface area contributed by atoms with Crippen molar-refractivity contribution in [1.82, 2.24) is 9.80 Å². The van der Waals surface area contributed by atoms with Crippen molar-refractivity contribution in [1.29, 1.82) is 0 Å². The van der Waals surface area contributed by atoms with Gasteiger partial charge in [-0.15, -0.1) is 0 Å². The highest BCUT2D eigenvalue weighted by Gasteiger charge is 2.30. The number of piperidine rings is 1. The molecule has 1 aromatic carbocycles. The molecule has 0 atom stereocenters. The molecule has 1 saturated heterocycles. The van der Waals surface area contributed by atoms with Gasteiger partial charge >= 0.3 is 0 Å². The van der Waals surface area contributed by atoms with Gasteiger partial charge in [0.2, 0.25) is 0 Å². The lowest BCUT2D eigenvalue weighted by Crippen LogP contribution is -2.44. The maximum absolute atomic E-state index is 9.45. The Balaban J connectivity index is 1.69. The molecule has 2 aliphatic heterocycles. The van der Waals surface area contributed by atoms with E-state index < -0.39 is 0 Å². The molecular formula is C19H30N2O2. The topological polar surface area (TPSA) is 35.9 Å². The first-order chi connectivity index (χ1) is 11.0. The Bertz CT molecular complexity index is 536. The van der Waals surface area contributed by atoms with Crippen molar-refractivity contribution in [2.24, 2.45) is 0 Å². The standard InChI is InChI=1S/C19H30N2O2/c1-19(2)13-16-12-15(4-5-18(16)23-19)14-21(10-11-22)17-6-8-20(3)9-7-17/h4-5,12,17,22H,6-11,13-14H2,1-3H3. The minimum Gasteiger partial charge on any atom is -0.487 e. The molecule has 3 rings (SSSR count). The summed E-state index contributed by atoms with van der Waals surface area (Å²) < 4.78 is 5.97. The van der Waals surface area contributed by atoms with Gasteiger partial charge in [-0.25, -0.2) is 0 Å². The minimum absolute atomic E-state index is 0.0836. The molecule has 4 nitrogen and oxygen atoms in total. The van der Waals surface area contributed by atoms with E-state index in [0.29, 0.717) is 6.04 Å². The van der Waals surface area contributed by atoms with Gasteiger partial charge in [-0.05, 0) is 64.0 Å². The lowest BCUT2D eigenvalue weighted by atomic mass is 9.99. The third kappa shape index (κ3) is 4.06. The average Bonchev–Trinajstić information content (AvgIpc) is 2.81. The van der Waals surface area contributed by atoms with E-state index in [9.17, 15) is 5.11 Å². The van der Waals surface area contributed by atoms with Crippen LogP contribution in [0.1, 0.15) is 37.8 Å². The fourth-order valence-electron chi connectivity index (χ4n) is 3.88. The van der Waals surface area contributed by atoms with E-state index in [4.69, 9.17) is 4.74 Å². The number of ether oxygens (including phenoxy) is 1. The first-order valence-electron chi connectivity index (χ1n) is 8.81. The third-order valence-corrected chi connectivity index (χ3v) is 5.10. The lowest BCUT2D eigenvalue weighted by Gasteiger charge is -2.37. The summed E-state index contributed by atoms with van der Waals surface area (Å²) in [6.45, 7) is 8.49. The van der Waals surface area contributed by atoms with Crippen molar-refractivity contribution in [3.8, 4) is 5.75 Å². The van der Waals surface area contributed by atoms with Gasteiger partial charge in [0.05, 0.1) is 6.61 Å². The highest BCUT2D eigenvalue weighted by molar-refractivity contribution is 5.41. The molecule has 0 bridgehead atoms. The van der Waals surface area contributed by atoms with Crippen LogP contribution in [0.15, 0.2) is 18.2 Å². The normalized spacial score (nSPS) is 21.4. The van der Waals surface area contributed by atoms with Crippen LogP contribution in [0.25, 0.3) is 0 Å². The number of aliphatic hydroxyl groups is 1. The van der Waals surface area contributed by atoms with Crippen LogP contribution in [-0.4, -0.2) is 59.8 Å². The molecule has 1 N–H and O–H groups in total. The fraction of sp³-hybridized carbons (Fsp3) is 0.684. The summed E-state index contributed by atoms with van der Waals surface area (Å²) in [5.74, 6) is 1.03. The average molecular weight is 318 g/mol. The number of rotatable bonds is 5. The molecule has 0 spiro atoms. The van der Waals surface area contributed by atoms with E-state index in [-0.39, 0.29) is 12.2 Å². The van der Waals surface area contributed by atoms with Crippen molar-refractivity contribution < 1.29 is 9.84 Å². The molecule has 0 amide bonds. The van der Waals surface area contributed by atoms with Crippen molar-refractivity contribution in [2.45, 2.75) is 51.3 Å². The predicted molar refractivity (Wildman–Crippen MR) is 92.9 cm³/mol. The number of likely N-dealkylation sites (tertiary alicyclic amines) is 1. The summed E-state index contributed by atoms with van der Waals surface area (Å²) in [4.78, 5) is 4.85. The molecule has 0 saturated carbocycles. The summed E-state index contributed by atoms with van der Waals surface area (Å²) in [5, 5.41) is 9.45. The summed E-state index contributed by atoms with van der Waals surface area (Å²) in [6.07, 6.45) is 3.36. The quantitative estimate of drug-likeness (QED) is 0.904. The first-order valence-corrected chi connectivity index (χ1v) is 8.81. The third-order valence-electron chi connectivity index (χ3n) is 5.10. The number of aliphatic hydroxyl groups excluding tert-OH is 1. The van der Waals surface area contributed by atoms with Crippen LogP contribution >= 0.6 is 0 Å². The zero-order valence-corrected chi connectivity index (χ0v) is 14.7. The highest BCUT2D eigenvalue weighted by atomic mass is 16.5. The first kappa shape index (κ1) is 16.7. The van der Waals surface area contributed by atoms with Gasteiger partial charge in [0, 0.05) is 25.6 Å². The van der Waals surface area contributed by atoms with Crippen LogP contribution < -0.4 is 4.74 Å². The molecule has 1 fully saturated rings. The van der Waals surface area contributed by atoms with Gasteiger partial charge in [0.25, 0.3) is 0 Å². The summed E-state index contributed by atoms with van der Waals surface area (Å²) >= 11 is 0. The molecule has 2 heterocycles. The van der Waals surface area contributed by atoms with E-state index in [2.05, 4.69) is 48.9 Å². The summed E-state index contributed by atoms with van der Waals surface area (Å²) in [6, 6.07) is 7.17. The molecular weight excluding hydrogens is 288 g/mol. The van der Waals surface area contributed by atoms with Crippen molar-refractivity contribution in [3.05, 3.63) is 29.3 Å². The zero-order valence-electron chi connectivity index (χ0n) is 14.7. The number of hydrogen-bond donors (Lipinski definition) is 1. The van der Waals surface area contributed by atoms with Gasteiger partial charge in [-0.1, -0.05) is 12.1 Å². The van der Waals surface area contributed by atoms with Gasteiger partial charge in [0.1, 0.15) is 11.4 Å². The molecule has 0 aromatic heterocycles. The van der Waals surface area contributed by atoms with Crippen LogP contribution in [-0.2, 0) is 13.0 Å². The van der Waals surface area contributed by atoms with E-state index in [0.717, 1.165) is 38.3 Å². The lowest BCUT2D eigenvalue weighted by molar-refractivity contribution is 0.0941. The largest absolute Gasteiger partial charge is 0.487 e. The predicted octanol–water partition coefficient (Wildman–Crippen LogP) is 2.29. The highest BCUT2D eigenvalue weighted by Crippen LogP contribution is 2.35. The smallest absolute Gasteiger partial charge is 0.123 e. The van der Waals surface area contributed by atoms with E-state index in [1.54, 1.807) is 0 Å². The van der Waals surface area contributed by atoms with E-state index >= 15 is 0 Å². The van der Waals surface area contributed by atoms with Gasteiger partial charge in [0.15, 0.2) is 0 Å². The molecule has 0 radical (unpaired) electrons. The van der Waals surface area contributed by atoms with Crippen LogP contribution in [0.4, 0.5) is 0 Å². The molecule has 0 unspecified atom stereocenters. The zero-order chi connectivity index (χ0) is 16.4. The maximum Gasteiger partial charge on any atom is 0.123 e. The van der Waals surface area contributed by atoms with Crippen molar-refractivity contribution in [3.63, 3.8) is 0 Å². The Hall–Kier alpha value is -1.10. The molecule has 23 heavy (non-hydrogen) atoms. The van der Waals surface area contributed by atoms with Gasteiger partial charge < -0.3 is 14.7 Å². The van der Waals surface area contributed by atoms with Crippen LogP contribution in [0, 0.1) is 0 Å². The summed E-state index contributed by atoms with van der Waals surface area (Å²) in [5.41, 5.74) is 2.57. The fourth-order valence-corrected chi connectivity index (χ4v) is 3.88. The molecule has 1 aromatic rings. The Morgan fingerprint density at radius 2 is 2.04 bits per heavy atom. The number of nitrogens with zero attached hydrogens (tertiary/aromatic N) is 2. The Morgan fingerprint density at radius 3 is 2.74 bits per heavy atom. The van der Waals surface area contributed by atoms with Gasteiger partial charge in [-0.3, -0.25) is 4.90 Å². The Labute approximate surface area is 140 Å².